The van der Waals surface area contributed by atoms with E-state index in [0.717, 1.165) is 24.3 Å². The highest BCUT2D eigenvalue weighted by molar-refractivity contribution is 7.99. The summed E-state index contributed by atoms with van der Waals surface area (Å²) in [5, 5.41) is 43.4. The smallest absolute Gasteiger partial charge is 0.191 e. The molecule has 0 radical (unpaired) electrons. The third-order valence-corrected chi connectivity index (χ3v) is 8.01. The minimum Gasteiger partial charge on any atom is -0.497 e. The molecule has 188 valence electrons. The Kier molecular flexibility index (Phi) is 7.10. The first kappa shape index (κ1) is 24.2. The number of aliphatic hydroxyl groups is 3. The second kappa shape index (κ2) is 10.3. The minimum atomic E-state index is -1.00. The largest absolute Gasteiger partial charge is 0.497 e. The van der Waals surface area contributed by atoms with Crippen molar-refractivity contribution in [3.05, 3.63) is 29.8 Å². The van der Waals surface area contributed by atoms with E-state index in [0.29, 0.717) is 40.9 Å². The predicted octanol–water partition coefficient (Wildman–Crippen LogP) is 2.37. The van der Waals surface area contributed by atoms with Crippen LogP contribution in [0.5, 0.6) is 5.75 Å². The summed E-state index contributed by atoms with van der Waals surface area (Å²) < 4.78 is 6.99. The molecule has 35 heavy (non-hydrogen) atoms. The monoisotopic (exact) mass is 500 g/mol. The quantitative estimate of drug-likeness (QED) is 0.242. The Morgan fingerprint density at radius 2 is 2.06 bits per heavy atom. The van der Waals surface area contributed by atoms with Crippen molar-refractivity contribution in [2.24, 2.45) is 5.92 Å². The lowest BCUT2D eigenvalue weighted by Gasteiger charge is -2.17. The number of thioether (sulfide) groups is 1. The fraction of sp³-hybridized carbons (Fsp3) is 0.583. The average Bonchev–Trinajstić information content (AvgIpc) is 3.43. The third-order valence-electron chi connectivity index (χ3n) is 6.96. The summed E-state index contributed by atoms with van der Waals surface area (Å²) >= 11 is 1.57. The molecule has 11 heteroatoms. The van der Waals surface area contributed by atoms with Gasteiger partial charge < -0.3 is 25.4 Å². The van der Waals surface area contributed by atoms with Gasteiger partial charge in [0.1, 0.15) is 11.9 Å². The van der Waals surface area contributed by atoms with Crippen molar-refractivity contribution in [1.29, 1.82) is 0 Å². The van der Waals surface area contributed by atoms with E-state index in [2.05, 4.69) is 34.7 Å². The van der Waals surface area contributed by atoms with E-state index in [4.69, 9.17) is 14.7 Å². The van der Waals surface area contributed by atoms with Crippen LogP contribution in [0.1, 0.15) is 50.1 Å². The summed E-state index contributed by atoms with van der Waals surface area (Å²) in [4.78, 5) is 9.48. The third kappa shape index (κ3) is 4.82. The number of rotatable bonds is 10. The number of aromatic nitrogens is 5. The minimum absolute atomic E-state index is 0.0385. The zero-order valence-electron chi connectivity index (χ0n) is 19.9. The summed E-state index contributed by atoms with van der Waals surface area (Å²) in [6.45, 7) is 2.07. The highest BCUT2D eigenvalue weighted by atomic mass is 32.2. The molecule has 6 atom stereocenters. The second-order valence-corrected chi connectivity index (χ2v) is 10.4. The molecule has 10 nitrogen and oxygen atoms in total. The Labute approximate surface area is 208 Å². The second-order valence-electron chi connectivity index (χ2n) is 9.34. The standard InChI is InChI=1S/C24H32N6O4S/c1-3-9-35-24-26-22(25-17-12-16(17)13-5-4-6-15(10-13)34-2)19-23(27-24)30(29-28-19)18-11-14(7-8-31)20(32)21(18)33/h4-6,10,14,16-18,20-21,31-33H,3,7-9,11-12H2,1-2H3,(H,25,26,27)/t14-,16?,17?,18+,20+,21-/m1/s1. The number of nitrogens with zero attached hydrogens (tertiary/aromatic N) is 5. The van der Waals surface area contributed by atoms with Gasteiger partial charge in [0.25, 0.3) is 0 Å². The van der Waals surface area contributed by atoms with Gasteiger partial charge in [-0.05, 0) is 49.3 Å². The number of methoxy groups -OCH3 is 1. The summed E-state index contributed by atoms with van der Waals surface area (Å²) in [5.74, 6) is 2.50. The fourth-order valence-electron chi connectivity index (χ4n) is 4.96. The van der Waals surface area contributed by atoms with Crippen LogP contribution in [-0.2, 0) is 0 Å². The molecule has 2 saturated carbocycles. The van der Waals surface area contributed by atoms with Crippen molar-refractivity contribution in [2.45, 2.75) is 68.0 Å². The van der Waals surface area contributed by atoms with Crippen molar-refractivity contribution >= 4 is 28.7 Å². The molecule has 0 saturated heterocycles. The molecule has 1 aromatic carbocycles. The lowest BCUT2D eigenvalue weighted by Crippen LogP contribution is -2.30. The SMILES string of the molecule is CCCSc1nc(NC2CC2c2cccc(OC)c2)c2nnn([C@H]3C[C@@H](CCO)[C@H](O)[C@@H]3O)c2n1. The molecule has 2 heterocycles. The van der Waals surface area contributed by atoms with Gasteiger partial charge in [-0.25, -0.2) is 14.6 Å². The lowest BCUT2D eigenvalue weighted by molar-refractivity contribution is 0.00107. The van der Waals surface area contributed by atoms with Crippen LogP contribution in [0.15, 0.2) is 29.4 Å². The van der Waals surface area contributed by atoms with Crippen LogP contribution in [0.25, 0.3) is 11.2 Å². The molecule has 4 N–H and O–H groups in total. The number of benzene rings is 1. The van der Waals surface area contributed by atoms with Gasteiger partial charge in [0.15, 0.2) is 22.1 Å². The Morgan fingerprint density at radius 1 is 1.20 bits per heavy atom. The predicted molar refractivity (Wildman–Crippen MR) is 133 cm³/mol. The van der Waals surface area contributed by atoms with Gasteiger partial charge in [-0.1, -0.05) is 36.0 Å². The van der Waals surface area contributed by atoms with Crippen LogP contribution < -0.4 is 10.1 Å². The van der Waals surface area contributed by atoms with Crippen molar-refractivity contribution in [3.8, 4) is 5.75 Å². The molecule has 0 aliphatic heterocycles. The zero-order valence-corrected chi connectivity index (χ0v) is 20.7. The van der Waals surface area contributed by atoms with Gasteiger partial charge in [0.05, 0.1) is 19.3 Å². The molecule has 2 aliphatic carbocycles. The van der Waals surface area contributed by atoms with Gasteiger partial charge in [0, 0.05) is 24.3 Å². The molecule has 2 aromatic heterocycles. The summed E-state index contributed by atoms with van der Waals surface area (Å²) in [6, 6.07) is 7.86. The van der Waals surface area contributed by atoms with Crippen molar-refractivity contribution in [3.63, 3.8) is 0 Å². The molecule has 2 aliphatic rings. The number of ether oxygens (including phenoxy) is 1. The maximum Gasteiger partial charge on any atom is 0.191 e. The summed E-state index contributed by atoms with van der Waals surface area (Å²) in [6.07, 6.45) is 0.953. The number of anilines is 1. The van der Waals surface area contributed by atoms with Crippen molar-refractivity contribution < 1.29 is 20.1 Å². The van der Waals surface area contributed by atoms with Gasteiger partial charge in [-0.3, -0.25) is 0 Å². The zero-order chi connectivity index (χ0) is 24.5. The van der Waals surface area contributed by atoms with Gasteiger partial charge in [0.2, 0.25) is 0 Å². The number of fused-ring (bicyclic) bond motifs is 1. The van der Waals surface area contributed by atoms with E-state index in [1.54, 1.807) is 23.6 Å². The van der Waals surface area contributed by atoms with Crippen molar-refractivity contribution in [2.75, 3.05) is 24.8 Å². The first-order valence-corrected chi connectivity index (χ1v) is 13.2. The lowest BCUT2D eigenvalue weighted by atomic mass is 10.0. The Balaban J connectivity index is 1.44. The van der Waals surface area contributed by atoms with Crippen LogP contribution in [0.4, 0.5) is 5.82 Å². The van der Waals surface area contributed by atoms with Crippen LogP contribution in [0, 0.1) is 5.92 Å². The van der Waals surface area contributed by atoms with Gasteiger partial charge in [-0.15, -0.1) is 5.10 Å². The number of hydrogen-bond acceptors (Lipinski definition) is 10. The van der Waals surface area contributed by atoms with Crippen LogP contribution >= 0.6 is 11.8 Å². The Bertz CT molecular complexity index is 1180. The fourth-order valence-corrected chi connectivity index (χ4v) is 5.65. The van der Waals surface area contributed by atoms with E-state index in [1.807, 2.05) is 12.1 Å². The van der Waals surface area contributed by atoms with E-state index in [-0.39, 0.29) is 18.6 Å². The molecule has 2 unspecified atom stereocenters. The maximum absolute atomic E-state index is 10.7. The van der Waals surface area contributed by atoms with E-state index in [1.165, 1.54) is 5.56 Å². The van der Waals surface area contributed by atoms with E-state index >= 15 is 0 Å². The molecule has 2 fully saturated rings. The van der Waals surface area contributed by atoms with Gasteiger partial charge in [-0.2, -0.15) is 0 Å². The average molecular weight is 501 g/mol. The van der Waals surface area contributed by atoms with E-state index < -0.39 is 18.2 Å². The maximum atomic E-state index is 10.7. The van der Waals surface area contributed by atoms with Crippen molar-refractivity contribution in [1.82, 2.24) is 25.0 Å². The molecule has 0 amide bonds. The Morgan fingerprint density at radius 3 is 2.83 bits per heavy atom. The molecular weight excluding hydrogens is 468 g/mol. The normalized spacial score (nSPS) is 27.9. The van der Waals surface area contributed by atoms with Crippen LogP contribution in [0.2, 0.25) is 0 Å². The first-order valence-electron chi connectivity index (χ1n) is 12.2. The highest BCUT2D eigenvalue weighted by Crippen LogP contribution is 2.44. The number of nitrogens with one attached hydrogen (secondary N) is 1. The Hall–Kier alpha value is -2.47. The topological polar surface area (TPSA) is 138 Å². The number of aliphatic hydroxyl groups excluding tert-OH is 3. The molecule has 0 bridgehead atoms. The molecule has 5 rings (SSSR count). The van der Waals surface area contributed by atoms with E-state index in [9.17, 15) is 15.3 Å². The van der Waals surface area contributed by atoms with Crippen LogP contribution in [0.3, 0.4) is 0 Å². The molecule has 3 aromatic rings. The van der Waals surface area contributed by atoms with Crippen LogP contribution in [-0.4, -0.2) is 78.0 Å². The number of hydrogen-bond donors (Lipinski definition) is 4. The summed E-state index contributed by atoms with van der Waals surface area (Å²) in [7, 11) is 1.67. The van der Waals surface area contributed by atoms with Gasteiger partial charge >= 0.3 is 0 Å². The molecular formula is C24H32N6O4S. The first-order chi connectivity index (χ1) is 17.0. The summed E-state index contributed by atoms with van der Waals surface area (Å²) in [5.41, 5.74) is 2.31. The highest BCUT2D eigenvalue weighted by Gasteiger charge is 2.44. The molecule has 0 spiro atoms.